The number of aromatic nitrogens is 2. The van der Waals surface area contributed by atoms with Gasteiger partial charge in [-0.1, -0.05) is 5.16 Å². The highest BCUT2D eigenvalue weighted by atomic mass is 32.2. The first-order valence-corrected chi connectivity index (χ1v) is 12.1. The van der Waals surface area contributed by atoms with Crippen LogP contribution >= 0.6 is 0 Å². The smallest absolute Gasteiger partial charge is 0.259 e. The second kappa shape index (κ2) is 8.65. The summed E-state index contributed by atoms with van der Waals surface area (Å²) in [7, 11) is -3.80. The zero-order valence-corrected chi connectivity index (χ0v) is 19.1. The van der Waals surface area contributed by atoms with E-state index >= 15 is 0 Å². The lowest BCUT2D eigenvalue weighted by Gasteiger charge is -2.22. The topological polar surface area (TPSA) is 110 Å². The predicted molar refractivity (Wildman–Crippen MR) is 120 cm³/mol. The Morgan fingerprint density at radius 2 is 1.88 bits per heavy atom. The van der Waals surface area contributed by atoms with Crippen molar-refractivity contribution in [1.29, 1.82) is 0 Å². The average Bonchev–Trinajstić information content (AvgIpc) is 3.42. The van der Waals surface area contributed by atoms with Crippen LogP contribution in [0.3, 0.4) is 0 Å². The minimum absolute atomic E-state index is 0.0210. The number of sulfonamides is 1. The van der Waals surface area contributed by atoms with Gasteiger partial charge >= 0.3 is 0 Å². The fourth-order valence-corrected chi connectivity index (χ4v) is 5.55. The Balaban J connectivity index is 1.43. The quantitative estimate of drug-likeness (QED) is 0.436. The second-order valence-electron chi connectivity index (χ2n) is 7.98. The molecule has 0 spiro atoms. The molecule has 1 aromatic carbocycles. The van der Waals surface area contributed by atoms with Crippen molar-refractivity contribution in [3.8, 4) is 11.5 Å². The van der Waals surface area contributed by atoms with Crippen LogP contribution in [0.5, 0.6) is 0 Å². The summed E-state index contributed by atoms with van der Waals surface area (Å²) in [5.41, 5.74) is 1.56. The number of pyridine rings is 1. The highest BCUT2D eigenvalue weighted by Gasteiger charge is 2.30. The molecule has 1 saturated heterocycles. The lowest BCUT2D eigenvalue weighted by Crippen LogP contribution is -2.37. The van der Waals surface area contributed by atoms with E-state index in [2.05, 4.69) is 10.1 Å². The third kappa shape index (κ3) is 3.97. The number of aryl methyl sites for hydroxylation is 1. The standard InChI is InChI=1S/C23H21FN4O5S/c1-15-21-18(14-19(20-4-2-13-32-20)25-22(21)33-26-15)23(29)27-9-3-10-28(12-11-27)34(30,31)17-7-5-16(24)6-8-17/h2,4-8,13-14H,3,9-12H2,1H3. The molecule has 4 aromatic rings. The molecule has 0 saturated carbocycles. The number of hydrogen-bond donors (Lipinski definition) is 0. The van der Waals surface area contributed by atoms with Gasteiger partial charge in [0.25, 0.3) is 11.6 Å². The maximum absolute atomic E-state index is 13.6. The largest absolute Gasteiger partial charge is 0.463 e. The minimum Gasteiger partial charge on any atom is -0.463 e. The zero-order chi connectivity index (χ0) is 23.9. The molecule has 4 heterocycles. The third-order valence-electron chi connectivity index (χ3n) is 5.81. The second-order valence-corrected chi connectivity index (χ2v) is 9.92. The summed E-state index contributed by atoms with van der Waals surface area (Å²) in [6, 6.07) is 9.83. The number of halogens is 1. The number of benzene rings is 1. The van der Waals surface area contributed by atoms with E-state index in [1.54, 1.807) is 30.0 Å². The van der Waals surface area contributed by atoms with Crippen molar-refractivity contribution in [3.63, 3.8) is 0 Å². The molecule has 0 radical (unpaired) electrons. The molecule has 1 aliphatic rings. The lowest BCUT2D eigenvalue weighted by atomic mass is 10.1. The first-order chi connectivity index (χ1) is 16.3. The van der Waals surface area contributed by atoms with E-state index in [1.807, 2.05) is 0 Å². The molecule has 9 nitrogen and oxygen atoms in total. The first kappa shape index (κ1) is 22.2. The summed E-state index contributed by atoms with van der Waals surface area (Å²) < 4.78 is 51.4. The predicted octanol–water partition coefficient (Wildman–Crippen LogP) is 3.47. The molecule has 0 bridgehead atoms. The molecule has 5 rings (SSSR count). The average molecular weight is 485 g/mol. The minimum atomic E-state index is -3.80. The summed E-state index contributed by atoms with van der Waals surface area (Å²) in [5, 5.41) is 4.47. The molecule has 3 aromatic heterocycles. The number of rotatable bonds is 4. The van der Waals surface area contributed by atoms with Gasteiger partial charge in [0.2, 0.25) is 10.0 Å². The van der Waals surface area contributed by atoms with E-state index in [4.69, 9.17) is 8.94 Å². The zero-order valence-electron chi connectivity index (χ0n) is 18.3. The van der Waals surface area contributed by atoms with Crippen LogP contribution in [0.1, 0.15) is 22.5 Å². The van der Waals surface area contributed by atoms with E-state index < -0.39 is 15.8 Å². The number of amides is 1. The number of nitrogens with zero attached hydrogens (tertiary/aromatic N) is 4. The summed E-state index contributed by atoms with van der Waals surface area (Å²) in [4.78, 5) is 19.7. The van der Waals surface area contributed by atoms with Crippen LogP contribution < -0.4 is 0 Å². The Morgan fingerprint density at radius 3 is 2.62 bits per heavy atom. The summed E-state index contributed by atoms with van der Waals surface area (Å²) in [6.07, 6.45) is 1.97. The monoisotopic (exact) mass is 484 g/mol. The Hall–Kier alpha value is -3.57. The molecular weight excluding hydrogens is 463 g/mol. The molecule has 0 aliphatic carbocycles. The van der Waals surface area contributed by atoms with Crippen molar-refractivity contribution in [2.24, 2.45) is 0 Å². The van der Waals surface area contributed by atoms with Gasteiger partial charge in [0.15, 0.2) is 5.76 Å². The fraction of sp³-hybridized carbons (Fsp3) is 0.261. The van der Waals surface area contributed by atoms with Crippen LogP contribution in [0, 0.1) is 12.7 Å². The van der Waals surface area contributed by atoms with E-state index in [9.17, 15) is 17.6 Å². The van der Waals surface area contributed by atoms with Crippen LogP contribution in [0.4, 0.5) is 4.39 Å². The van der Waals surface area contributed by atoms with Gasteiger partial charge in [0.05, 0.1) is 27.8 Å². The van der Waals surface area contributed by atoms with Crippen molar-refractivity contribution in [3.05, 3.63) is 65.8 Å². The van der Waals surface area contributed by atoms with Crippen LogP contribution in [-0.4, -0.2) is 59.8 Å². The van der Waals surface area contributed by atoms with Gasteiger partial charge in [-0.2, -0.15) is 4.31 Å². The van der Waals surface area contributed by atoms with Crippen molar-refractivity contribution in [2.45, 2.75) is 18.2 Å². The number of fused-ring (bicyclic) bond motifs is 1. The van der Waals surface area contributed by atoms with Gasteiger partial charge in [0.1, 0.15) is 11.5 Å². The van der Waals surface area contributed by atoms with Crippen LogP contribution in [0.25, 0.3) is 22.6 Å². The van der Waals surface area contributed by atoms with Gasteiger partial charge in [-0.15, -0.1) is 0 Å². The molecule has 0 N–H and O–H groups in total. The van der Waals surface area contributed by atoms with Crippen molar-refractivity contribution in [2.75, 3.05) is 26.2 Å². The van der Waals surface area contributed by atoms with Crippen LogP contribution in [0.15, 0.2) is 62.6 Å². The first-order valence-electron chi connectivity index (χ1n) is 10.7. The number of carbonyl (C=O) groups is 1. The molecule has 34 heavy (non-hydrogen) atoms. The summed E-state index contributed by atoms with van der Waals surface area (Å²) in [6.45, 7) is 2.67. The SMILES string of the molecule is Cc1noc2nc(-c3ccco3)cc(C(=O)N3CCCN(S(=O)(=O)c4ccc(F)cc4)CC3)c12. The molecule has 1 fully saturated rings. The molecule has 1 aliphatic heterocycles. The van der Waals surface area contributed by atoms with E-state index in [1.165, 1.54) is 22.7 Å². The van der Waals surface area contributed by atoms with E-state index in [0.717, 1.165) is 12.1 Å². The summed E-state index contributed by atoms with van der Waals surface area (Å²) >= 11 is 0. The van der Waals surface area contributed by atoms with Crippen molar-refractivity contribution < 1.29 is 26.5 Å². The Kier molecular flexibility index (Phi) is 5.66. The molecule has 1 amide bonds. The highest BCUT2D eigenvalue weighted by molar-refractivity contribution is 7.89. The maximum atomic E-state index is 13.6. The van der Waals surface area contributed by atoms with Crippen LogP contribution in [0.2, 0.25) is 0 Å². The van der Waals surface area contributed by atoms with E-state index in [-0.39, 0.29) is 36.2 Å². The van der Waals surface area contributed by atoms with Crippen LogP contribution in [-0.2, 0) is 10.0 Å². The van der Waals surface area contributed by atoms with Crippen molar-refractivity contribution in [1.82, 2.24) is 19.3 Å². The Bertz CT molecular complexity index is 1450. The molecular formula is C23H21FN4O5S. The number of hydrogen-bond acceptors (Lipinski definition) is 7. The number of furan rings is 1. The lowest BCUT2D eigenvalue weighted by molar-refractivity contribution is 0.0766. The molecule has 0 atom stereocenters. The Morgan fingerprint density at radius 1 is 1.09 bits per heavy atom. The van der Waals surface area contributed by atoms with Gasteiger partial charge in [-0.25, -0.2) is 17.8 Å². The fourth-order valence-electron chi connectivity index (χ4n) is 4.08. The summed E-state index contributed by atoms with van der Waals surface area (Å²) in [5.74, 6) is -0.293. The molecule has 0 unspecified atom stereocenters. The molecule has 11 heteroatoms. The van der Waals surface area contributed by atoms with E-state index in [0.29, 0.717) is 41.1 Å². The molecule has 176 valence electrons. The van der Waals surface area contributed by atoms with Gasteiger partial charge in [-0.05, 0) is 55.8 Å². The number of carbonyl (C=O) groups excluding carboxylic acids is 1. The third-order valence-corrected chi connectivity index (χ3v) is 7.73. The Labute approximate surface area is 194 Å². The van der Waals surface area contributed by atoms with Gasteiger partial charge in [0, 0.05) is 26.2 Å². The highest BCUT2D eigenvalue weighted by Crippen LogP contribution is 2.29. The maximum Gasteiger partial charge on any atom is 0.259 e. The van der Waals surface area contributed by atoms with Crippen molar-refractivity contribution >= 4 is 27.0 Å². The van der Waals surface area contributed by atoms with Gasteiger partial charge < -0.3 is 13.8 Å². The normalized spacial score (nSPS) is 15.5. The van der Waals surface area contributed by atoms with Gasteiger partial charge in [-0.3, -0.25) is 4.79 Å².